The Hall–Kier alpha value is -2.67. The minimum Gasteiger partial charge on any atom is -0.393 e. The van der Waals surface area contributed by atoms with Gasteiger partial charge in [0.25, 0.3) is 5.69 Å². The van der Waals surface area contributed by atoms with Crippen molar-refractivity contribution in [3.63, 3.8) is 0 Å². The van der Waals surface area contributed by atoms with E-state index in [2.05, 4.69) is 10.6 Å². The molecule has 0 aliphatic heterocycles. The molecule has 0 saturated heterocycles. The molecule has 114 valence electrons. The van der Waals surface area contributed by atoms with Gasteiger partial charge >= 0.3 is 0 Å². The number of aryl methyl sites for hydroxylation is 2. The SMILES string of the molecule is Cc1ccc(C)c(NC(=S)Nc2ccc(N)c([N+](=O)[O-])c2)c1. The number of nitrogens with zero attached hydrogens (tertiary/aromatic N) is 1. The number of thiocarbonyl (C=S) groups is 1. The van der Waals surface area contributed by atoms with E-state index in [1.54, 1.807) is 6.07 Å². The molecule has 0 bridgehead atoms. The number of nitro groups is 1. The average Bonchev–Trinajstić information content (AvgIpc) is 2.44. The lowest BCUT2D eigenvalue weighted by molar-refractivity contribution is -0.383. The number of nitrogens with two attached hydrogens (primary N) is 1. The fourth-order valence-corrected chi connectivity index (χ4v) is 2.16. The Morgan fingerprint density at radius 2 is 1.91 bits per heavy atom. The van der Waals surface area contributed by atoms with Gasteiger partial charge in [0.2, 0.25) is 0 Å². The molecule has 0 heterocycles. The van der Waals surface area contributed by atoms with Crippen LogP contribution < -0.4 is 16.4 Å². The Kier molecular flexibility index (Phi) is 4.57. The number of hydrogen-bond acceptors (Lipinski definition) is 4. The normalized spacial score (nSPS) is 10.1. The smallest absolute Gasteiger partial charge is 0.294 e. The van der Waals surface area contributed by atoms with Crippen molar-refractivity contribution in [2.24, 2.45) is 0 Å². The molecule has 0 spiro atoms. The van der Waals surface area contributed by atoms with Crippen LogP contribution in [-0.4, -0.2) is 10.0 Å². The molecule has 7 heteroatoms. The summed E-state index contributed by atoms with van der Waals surface area (Å²) < 4.78 is 0. The van der Waals surface area contributed by atoms with Crippen molar-refractivity contribution < 1.29 is 4.92 Å². The topological polar surface area (TPSA) is 93.2 Å². The third-order valence-corrected chi connectivity index (χ3v) is 3.33. The Labute approximate surface area is 133 Å². The van der Waals surface area contributed by atoms with Crippen molar-refractivity contribution >= 4 is 40.1 Å². The predicted molar refractivity (Wildman–Crippen MR) is 93.3 cm³/mol. The largest absolute Gasteiger partial charge is 0.393 e. The molecule has 0 aromatic heterocycles. The Bertz CT molecular complexity index is 746. The summed E-state index contributed by atoms with van der Waals surface area (Å²) in [4.78, 5) is 10.4. The van der Waals surface area contributed by atoms with E-state index in [9.17, 15) is 10.1 Å². The van der Waals surface area contributed by atoms with Crippen LogP contribution in [0.5, 0.6) is 0 Å². The molecule has 2 aromatic carbocycles. The monoisotopic (exact) mass is 316 g/mol. The van der Waals surface area contributed by atoms with E-state index in [4.69, 9.17) is 18.0 Å². The van der Waals surface area contributed by atoms with E-state index in [1.807, 2.05) is 32.0 Å². The Balaban J connectivity index is 2.14. The van der Waals surface area contributed by atoms with Gasteiger partial charge in [-0.1, -0.05) is 12.1 Å². The molecular weight excluding hydrogens is 300 g/mol. The predicted octanol–water partition coefficient (Wildman–Crippen LogP) is 3.60. The summed E-state index contributed by atoms with van der Waals surface area (Å²) >= 11 is 5.24. The number of nitrogens with one attached hydrogen (secondary N) is 2. The highest BCUT2D eigenvalue weighted by Gasteiger charge is 2.12. The van der Waals surface area contributed by atoms with Crippen LogP contribution in [0.25, 0.3) is 0 Å². The molecular formula is C15H16N4O2S. The summed E-state index contributed by atoms with van der Waals surface area (Å²) in [5.74, 6) is 0. The van der Waals surface area contributed by atoms with Crippen LogP contribution in [0.4, 0.5) is 22.7 Å². The number of rotatable bonds is 3. The zero-order valence-electron chi connectivity index (χ0n) is 12.2. The number of anilines is 3. The van der Waals surface area contributed by atoms with Crippen molar-refractivity contribution in [2.45, 2.75) is 13.8 Å². The van der Waals surface area contributed by atoms with Crippen molar-refractivity contribution in [1.82, 2.24) is 0 Å². The van der Waals surface area contributed by atoms with Gasteiger partial charge in [-0.2, -0.15) is 0 Å². The molecule has 0 atom stereocenters. The summed E-state index contributed by atoms with van der Waals surface area (Å²) in [6.07, 6.45) is 0. The number of hydrogen-bond donors (Lipinski definition) is 3. The molecule has 0 amide bonds. The van der Waals surface area contributed by atoms with Crippen LogP contribution >= 0.6 is 12.2 Å². The fourth-order valence-electron chi connectivity index (χ4n) is 1.93. The zero-order valence-corrected chi connectivity index (χ0v) is 13.0. The molecule has 0 unspecified atom stereocenters. The zero-order chi connectivity index (χ0) is 16.3. The van der Waals surface area contributed by atoms with Gasteiger partial charge in [0.1, 0.15) is 5.69 Å². The fraction of sp³-hybridized carbons (Fsp3) is 0.133. The van der Waals surface area contributed by atoms with Gasteiger partial charge in [-0.15, -0.1) is 0 Å². The standard InChI is InChI=1S/C15H16N4O2S/c1-9-3-4-10(2)13(7-9)18-15(22)17-11-5-6-12(16)14(8-11)19(20)21/h3-8H,16H2,1-2H3,(H2,17,18,22). The van der Waals surface area contributed by atoms with Gasteiger partial charge in [-0.3, -0.25) is 10.1 Å². The van der Waals surface area contributed by atoms with Crippen LogP contribution in [-0.2, 0) is 0 Å². The van der Waals surface area contributed by atoms with Crippen LogP contribution in [0.2, 0.25) is 0 Å². The molecule has 0 fully saturated rings. The quantitative estimate of drug-likeness (QED) is 0.347. The first-order valence-electron chi connectivity index (χ1n) is 6.56. The van der Waals surface area contributed by atoms with E-state index < -0.39 is 4.92 Å². The average molecular weight is 316 g/mol. The first kappa shape index (κ1) is 15.7. The maximum atomic E-state index is 10.9. The molecule has 0 aliphatic rings. The lowest BCUT2D eigenvalue weighted by Crippen LogP contribution is -2.19. The van der Waals surface area contributed by atoms with Crippen molar-refractivity contribution in [2.75, 3.05) is 16.4 Å². The maximum Gasteiger partial charge on any atom is 0.294 e. The Morgan fingerprint density at radius 3 is 2.59 bits per heavy atom. The number of nitro benzene ring substituents is 1. The molecule has 0 saturated carbocycles. The van der Waals surface area contributed by atoms with Crippen molar-refractivity contribution in [1.29, 1.82) is 0 Å². The molecule has 0 aliphatic carbocycles. The van der Waals surface area contributed by atoms with Gasteiger partial charge in [-0.05, 0) is 55.4 Å². The van der Waals surface area contributed by atoms with E-state index >= 15 is 0 Å². The van der Waals surface area contributed by atoms with Crippen LogP contribution in [0, 0.1) is 24.0 Å². The van der Waals surface area contributed by atoms with E-state index in [-0.39, 0.29) is 11.4 Å². The van der Waals surface area contributed by atoms with E-state index in [0.29, 0.717) is 10.8 Å². The van der Waals surface area contributed by atoms with Crippen molar-refractivity contribution in [3.05, 3.63) is 57.6 Å². The van der Waals surface area contributed by atoms with Gasteiger partial charge < -0.3 is 16.4 Å². The highest BCUT2D eigenvalue weighted by molar-refractivity contribution is 7.80. The molecule has 2 aromatic rings. The molecule has 6 nitrogen and oxygen atoms in total. The molecule has 22 heavy (non-hydrogen) atoms. The van der Waals surface area contributed by atoms with Crippen molar-refractivity contribution in [3.8, 4) is 0 Å². The Morgan fingerprint density at radius 1 is 1.18 bits per heavy atom. The van der Waals surface area contributed by atoms with Crippen LogP contribution in [0.3, 0.4) is 0 Å². The summed E-state index contributed by atoms with van der Waals surface area (Å²) in [6, 6.07) is 10.5. The highest BCUT2D eigenvalue weighted by Crippen LogP contribution is 2.25. The number of benzene rings is 2. The third-order valence-electron chi connectivity index (χ3n) is 3.13. The minimum atomic E-state index is -0.526. The summed E-state index contributed by atoms with van der Waals surface area (Å²) in [7, 11) is 0. The number of nitrogen functional groups attached to an aromatic ring is 1. The van der Waals surface area contributed by atoms with Gasteiger partial charge in [0, 0.05) is 17.4 Å². The molecule has 0 radical (unpaired) electrons. The lowest BCUT2D eigenvalue weighted by Gasteiger charge is -2.13. The van der Waals surface area contributed by atoms with Crippen LogP contribution in [0.1, 0.15) is 11.1 Å². The second-order valence-corrected chi connectivity index (χ2v) is 5.34. The second-order valence-electron chi connectivity index (χ2n) is 4.93. The second kappa shape index (κ2) is 6.40. The third kappa shape index (κ3) is 3.70. The summed E-state index contributed by atoms with van der Waals surface area (Å²) in [5.41, 5.74) is 9.08. The van der Waals surface area contributed by atoms with Gasteiger partial charge in [0.05, 0.1) is 4.92 Å². The van der Waals surface area contributed by atoms with E-state index in [1.165, 1.54) is 12.1 Å². The van der Waals surface area contributed by atoms with Gasteiger partial charge in [0.15, 0.2) is 5.11 Å². The van der Waals surface area contributed by atoms with Gasteiger partial charge in [-0.25, -0.2) is 0 Å². The summed E-state index contributed by atoms with van der Waals surface area (Å²) in [5, 5.41) is 17.2. The first-order chi connectivity index (χ1) is 10.4. The van der Waals surface area contributed by atoms with Crippen LogP contribution in [0.15, 0.2) is 36.4 Å². The molecule has 2 rings (SSSR count). The summed E-state index contributed by atoms with van der Waals surface area (Å²) in [6.45, 7) is 3.96. The molecule has 4 N–H and O–H groups in total. The minimum absolute atomic E-state index is 0.115. The lowest BCUT2D eigenvalue weighted by atomic mass is 10.1. The maximum absolute atomic E-state index is 10.9. The van der Waals surface area contributed by atoms with E-state index in [0.717, 1.165) is 16.8 Å². The first-order valence-corrected chi connectivity index (χ1v) is 6.97. The highest BCUT2D eigenvalue weighted by atomic mass is 32.1.